The Bertz CT molecular complexity index is 797. The Morgan fingerprint density at radius 2 is 1.70 bits per heavy atom. The fourth-order valence-corrected chi connectivity index (χ4v) is 3.59. The Kier molecular flexibility index (Phi) is 2.90. The van der Waals surface area contributed by atoms with Crippen LogP contribution in [0.2, 0.25) is 0 Å². The van der Waals surface area contributed by atoms with Gasteiger partial charge in [0.2, 0.25) is 0 Å². The van der Waals surface area contributed by atoms with Gasteiger partial charge in [-0.25, -0.2) is 0 Å². The quantitative estimate of drug-likeness (QED) is 0.495. The van der Waals surface area contributed by atoms with Gasteiger partial charge in [-0.1, -0.05) is 30.3 Å². The standard InChI is InChI=1S/C18H17N3O2/c1-18(2)19-15(12-8-10-14(11-9-12)21(22)23)17-16(20(17)18)13-6-4-3-5-7-13/h3-11,16-17H,1-2H3/t16-,17?,20?/m0/s1. The number of hydrogen-bond donors (Lipinski definition) is 0. The monoisotopic (exact) mass is 307 g/mol. The number of nitrogens with zero attached hydrogens (tertiary/aromatic N) is 3. The molecule has 3 atom stereocenters. The first-order valence-electron chi connectivity index (χ1n) is 7.67. The SMILES string of the molecule is CC1(C)N=C(c2ccc([N+](=O)[O-])cc2)C2[C@H](c3ccccc3)N21. The first-order chi connectivity index (χ1) is 11.0. The lowest BCUT2D eigenvalue weighted by molar-refractivity contribution is -0.384. The Hall–Kier alpha value is -2.53. The van der Waals surface area contributed by atoms with Crippen LogP contribution in [0, 0.1) is 10.1 Å². The molecule has 0 radical (unpaired) electrons. The van der Waals surface area contributed by atoms with Gasteiger partial charge >= 0.3 is 0 Å². The zero-order chi connectivity index (χ0) is 16.2. The molecular weight excluding hydrogens is 290 g/mol. The highest BCUT2D eigenvalue weighted by atomic mass is 16.6. The van der Waals surface area contributed by atoms with Gasteiger partial charge in [0, 0.05) is 12.1 Å². The molecule has 2 heterocycles. The number of nitro benzene ring substituents is 1. The number of benzene rings is 2. The van der Waals surface area contributed by atoms with Crippen LogP contribution in [0.4, 0.5) is 5.69 Å². The highest BCUT2D eigenvalue weighted by molar-refractivity contribution is 6.08. The molecule has 1 fully saturated rings. The van der Waals surface area contributed by atoms with E-state index in [9.17, 15) is 10.1 Å². The van der Waals surface area contributed by atoms with Crippen LogP contribution in [0.25, 0.3) is 0 Å². The van der Waals surface area contributed by atoms with Crippen LogP contribution >= 0.6 is 0 Å². The van der Waals surface area contributed by atoms with E-state index in [1.165, 1.54) is 5.56 Å². The van der Waals surface area contributed by atoms with Gasteiger partial charge in [0.25, 0.3) is 5.69 Å². The van der Waals surface area contributed by atoms with Crippen LogP contribution < -0.4 is 0 Å². The van der Waals surface area contributed by atoms with Crippen molar-refractivity contribution in [1.29, 1.82) is 0 Å². The van der Waals surface area contributed by atoms with Gasteiger partial charge in [-0.3, -0.25) is 20.0 Å². The molecule has 0 saturated carbocycles. The lowest BCUT2D eigenvalue weighted by Crippen LogP contribution is -2.25. The van der Waals surface area contributed by atoms with Gasteiger partial charge in [0.1, 0.15) is 5.66 Å². The maximum Gasteiger partial charge on any atom is 0.269 e. The lowest BCUT2D eigenvalue weighted by Gasteiger charge is -2.20. The molecule has 1 saturated heterocycles. The molecule has 2 aliphatic heterocycles. The van der Waals surface area contributed by atoms with Crippen molar-refractivity contribution in [3.05, 3.63) is 75.8 Å². The van der Waals surface area contributed by atoms with E-state index in [2.05, 4.69) is 43.0 Å². The molecular formula is C18H17N3O2. The fraction of sp³-hybridized carbons (Fsp3) is 0.278. The van der Waals surface area contributed by atoms with Crippen molar-refractivity contribution in [2.24, 2.45) is 4.99 Å². The molecule has 2 aliphatic rings. The number of rotatable bonds is 3. The highest BCUT2D eigenvalue weighted by Crippen LogP contribution is 2.54. The maximum absolute atomic E-state index is 10.8. The summed E-state index contributed by atoms with van der Waals surface area (Å²) in [6.45, 7) is 4.22. The second-order valence-electron chi connectivity index (χ2n) is 6.50. The molecule has 4 rings (SSSR count). The van der Waals surface area contributed by atoms with E-state index in [1.807, 2.05) is 6.07 Å². The molecule has 0 bridgehead atoms. The van der Waals surface area contributed by atoms with Gasteiger partial charge in [-0.05, 0) is 37.1 Å². The molecule has 116 valence electrons. The van der Waals surface area contributed by atoms with Crippen molar-refractivity contribution in [2.75, 3.05) is 0 Å². The summed E-state index contributed by atoms with van der Waals surface area (Å²) in [6.07, 6.45) is 0. The van der Waals surface area contributed by atoms with Crippen molar-refractivity contribution in [3.63, 3.8) is 0 Å². The number of aliphatic imine (C=N–C) groups is 1. The molecule has 5 nitrogen and oxygen atoms in total. The highest BCUT2D eigenvalue weighted by Gasteiger charge is 2.62. The minimum atomic E-state index is -0.375. The third-order valence-corrected chi connectivity index (χ3v) is 4.63. The minimum Gasteiger partial charge on any atom is -0.266 e. The van der Waals surface area contributed by atoms with E-state index in [0.717, 1.165) is 11.3 Å². The fourth-order valence-electron chi connectivity index (χ4n) is 3.59. The normalized spacial score (nSPS) is 27.2. The Morgan fingerprint density at radius 3 is 2.30 bits per heavy atom. The summed E-state index contributed by atoms with van der Waals surface area (Å²) in [6, 6.07) is 17.7. The molecule has 23 heavy (non-hydrogen) atoms. The van der Waals surface area contributed by atoms with E-state index >= 15 is 0 Å². The van der Waals surface area contributed by atoms with Crippen molar-refractivity contribution in [1.82, 2.24) is 4.90 Å². The van der Waals surface area contributed by atoms with E-state index in [4.69, 9.17) is 4.99 Å². The summed E-state index contributed by atoms with van der Waals surface area (Å²) >= 11 is 0. The van der Waals surface area contributed by atoms with E-state index in [1.54, 1.807) is 24.3 Å². The first kappa shape index (κ1) is 14.1. The number of fused-ring (bicyclic) bond motifs is 1. The van der Waals surface area contributed by atoms with Crippen LogP contribution in [0.1, 0.15) is 31.0 Å². The zero-order valence-corrected chi connectivity index (χ0v) is 13.0. The molecule has 0 aromatic heterocycles. The van der Waals surface area contributed by atoms with Gasteiger partial charge in [-0.15, -0.1) is 0 Å². The average molecular weight is 307 g/mol. The molecule has 0 aliphatic carbocycles. The van der Waals surface area contributed by atoms with Gasteiger partial charge in [-0.2, -0.15) is 0 Å². The van der Waals surface area contributed by atoms with Gasteiger partial charge < -0.3 is 0 Å². The smallest absolute Gasteiger partial charge is 0.266 e. The van der Waals surface area contributed by atoms with Crippen LogP contribution in [0.15, 0.2) is 59.6 Å². The summed E-state index contributed by atoms with van der Waals surface area (Å²) in [5.74, 6) is 0. The number of hydrogen-bond acceptors (Lipinski definition) is 4. The number of nitro groups is 1. The number of non-ortho nitro benzene ring substituents is 1. The molecule has 2 aromatic rings. The molecule has 0 N–H and O–H groups in total. The van der Waals surface area contributed by atoms with Crippen LogP contribution in [-0.4, -0.2) is 27.2 Å². The Balaban J connectivity index is 1.68. The zero-order valence-electron chi connectivity index (χ0n) is 13.0. The lowest BCUT2D eigenvalue weighted by atomic mass is 10.0. The Morgan fingerprint density at radius 1 is 1.04 bits per heavy atom. The van der Waals surface area contributed by atoms with Crippen molar-refractivity contribution < 1.29 is 4.92 Å². The second-order valence-corrected chi connectivity index (χ2v) is 6.50. The Labute approximate surface area is 134 Å². The summed E-state index contributed by atoms with van der Waals surface area (Å²) < 4.78 is 0. The van der Waals surface area contributed by atoms with Crippen molar-refractivity contribution in [2.45, 2.75) is 31.6 Å². The van der Waals surface area contributed by atoms with E-state index in [0.29, 0.717) is 6.04 Å². The first-order valence-corrected chi connectivity index (χ1v) is 7.67. The maximum atomic E-state index is 10.8. The minimum absolute atomic E-state index is 0.110. The average Bonchev–Trinajstić information content (AvgIpc) is 3.24. The van der Waals surface area contributed by atoms with Crippen molar-refractivity contribution in [3.8, 4) is 0 Å². The molecule has 0 spiro atoms. The summed E-state index contributed by atoms with van der Waals surface area (Å²) in [5.41, 5.74) is 3.15. The second kappa shape index (κ2) is 4.73. The third-order valence-electron chi connectivity index (χ3n) is 4.63. The summed E-state index contributed by atoms with van der Waals surface area (Å²) in [4.78, 5) is 17.7. The van der Waals surface area contributed by atoms with Gasteiger partial charge in [0.15, 0.2) is 0 Å². The molecule has 2 unspecified atom stereocenters. The molecule has 2 aromatic carbocycles. The van der Waals surface area contributed by atoms with Gasteiger partial charge in [0.05, 0.1) is 22.7 Å². The molecule has 0 amide bonds. The van der Waals surface area contributed by atoms with Crippen LogP contribution in [0.5, 0.6) is 0 Å². The van der Waals surface area contributed by atoms with Crippen LogP contribution in [0.3, 0.4) is 0 Å². The largest absolute Gasteiger partial charge is 0.269 e. The topological polar surface area (TPSA) is 58.5 Å². The predicted molar refractivity (Wildman–Crippen MR) is 88.5 cm³/mol. The van der Waals surface area contributed by atoms with E-state index in [-0.39, 0.29) is 22.3 Å². The summed E-state index contributed by atoms with van der Waals surface area (Å²) in [7, 11) is 0. The molecule has 5 heteroatoms. The van der Waals surface area contributed by atoms with Crippen molar-refractivity contribution >= 4 is 11.4 Å². The summed E-state index contributed by atoms with van der Waals surface area (Å²) in [5, 5.41) is 10.8. The van der Waals surface area contributed by atoms with Crippen LogP contribution in [-0.2, 0) is 0 Å². The van der Waals surface area contributed by atoms with E-state index < -0.39 is 0 Å². The third kappa shape index (κ3) is 2.16. The predicted octanol–water partition coefficient (Wildman–Crippen LogP) is 3.56.